The van der Waals surface area contributed by atoms with Crippen molar-refractivity contribution >= 4 is 16.6 Å². The number of halogens is 6. The van der Waals surface area contributed by atoms with Gasteiger partial charge in [0.25, 0.3) is 0 Å². The summed E-state index contributed by atoms with van der Waals surface area (Å²) < 4.78 is 101. The standard InChI is InChI=1S/C25H28F6N2O3S/c1-15(2)23(8-7-20(12-23)32-13-16-3-5-21(6-4-16)37(35)36)22(34)33-14-17-9-18(24(26,27)28)11-19(10-17)25(29,30)31/h3-6,9-11,15,20,32,37H,7-8,12-14H2,1-2H3,(H,33,34)/t20-,23+/m1/s1. The maximum atomic E-state index is 13.2. The molecule has 0 aliphatic heterocycles. The van der Waals surface area contributed by atoms with Gasteiger partial charge in [0.2, 0.25) is 5.91 Å². The predicted octanol–water partition coefficient (Wildman–Crippen LogP) is 5.30. The van der Waals surface area contributed by atoms with Gasteiger partial charge in [-0.25, -0.2) is 8.42 Å². The molecular formula is C25H28F6N2O3S. The Kier molecular flexibility index (Phi) is 8.63. The largest absolute Gasteiger partial charge is 0.416 e. The molecule has 1 saturated carbocycles. The number of carbonyl (C=O) groups excluding carboxylic acids is 1. The number of rotatable bonds is 8. The van der Waals surface area contributed by atoms with Gasteiger partial charge in [-0.05, 0) is 66.6 Å². The highest BCUT2D eigenvalue weighted by molar-refractivity contribution is 7.72. The van der Waals surface area contributed by atoms with Crippen LogP contribution >= 0.6 is 0 Å². The number of benzene rings is 2. The zero-order valence-electron chi connectivity index (χ0n) is 20.2. The van der Waals surface area contributed by atoms with Crippen molar-refractivity contribution in [3.63, 3.8) is 0 Å². The third-order valence-electron chi connectivity index (χ3n) is 6.95. The van der Waals surface area contributed by atoms with Crippen LogP contribution in [0.3, 0.4) is 0 Å². The van der Waals surface area contributed by atoms with Crippen molar-refractivity contribution in [2.45, 2.75) is 69.5 Å². The van der Waals surface area contributed by atoms with E-state index in [4.69, 9.17) is 0 Å². The lowest BCUT2D eigenvalue weighted by Gasteiger charge is -2.32. The summed E-state index contributed by atoms with van der Waals surface area (Å²) in [6, 6.07) is 7.62. The third-order valence-corrected chi connectivity index (χ3v) is 7.67. The summed E-state index contributed by atoms with van der Waals surface area (Å²) in [4.78, 5) is 13.4. The van der Waals surface area contributed by atoms with Crippen LogP contribution in [0.5, 0.6) is 0 Å². The monoisotopic (exact) mass is 550 g/mol. The Morgan fingerprint density at radius 3 is 2.00 bits per heavy atom. The van der Waals surface area contributed by atoms with Gasteiger partial charge in [0.05, 0.1) is 21.4 Å². The van der Waals surface area contributed by atoms with Crippen LogP contribution in [0.25, 0.3) is 0 Å². The second-order valence-electron chi connectivity index (χ2n) is 9.65. The average molecular weight is 551 g/mol. The van der Waals surface area contributed by atoms with Crippen LogP contribution in [0.15, 0.2) is 47.4 Å². The first-order valence-corrected chi connectivity index (χ1v) is 12.8. The van der Waals surface area contributed by atoms with Gasteiger partial charge >= 0.3 is 12.4 Å². The van der Waals surface area contributed by atoms with E-state index in [2.05, 4.69) is 10.6 Å². The van der Waals surface area contributed by atoms with E-state index in [1.807, 2.05) is 13.8 Å². The van der Waals surface area contributed by atoms with Gasteiger partial charge < -0.3 is 10.6 Å². The average Bonchev–Trinajstić information content (AvgIpc) is 3.26. The van der Waals surface area contributed by atoms with Crippen LogP contribution in [0.2, 0.25) is 0 Å². The van der Waals surface area contributed by atoms with Crippen molar-refractivity contribution in [3.8, 4) is 0 Å². The third kappa shape index (κ3) is 7.04. The molecular weight excluding hydrogens is 522 g/mol. The Labute approximate surface area is 212 Å². The summed E-state index contributed by atoms with van der Waals surface area (Å²) in [5.41, 5.74) is -3.12. The number of alkyl halides is 6. The Morgan fingerprint density at radius 1 is 0.946 bits per heavy atom. The van der Waals surface area contributed by atoms with Crippen LogP contribution < -0.4 is 10.6 Å². The Balaban J connectivity index is 1.69. The molecule has 0 heterocycles. The maximum Gasteiger partial charge on any atom is 0.416 e. The topological polar surface area (TPSA) is 75.3 Å². The summed E-state index contributed by atoms with van der Waals surface area (Å²) in [6.45, 7) is 3.70. The summed E-state index contributed by atoms with van der Waals surface area (Å²) in [5, 5.41) is 5.92. The van der Waals surface area contributed by atoms with E-state index in [0.29, 0.717) is 37.9 Å². The minimum absolute atomic E-state index is 0.0469. The SMILES string of the molecule is CC(C)[C@]1(C(=O)NCc2cc(C(F)(F)F)cc(C(F)(F)F)c2)CC[C@@H](NCc2ccc([SH](=O)=O)cc2)C1. The van der Waals surface area contributed by atoms with Gasteiger partial charge in [-0.2, -0.15) is 26.3 Å². The number of thiol groups is 1. The van der Waals surface area contributed by atoms with Crippen LogP contribution in [-0.2, 0) is 40.9 Å². The van der Waals surface area contributed by atoms with Crippen molar-refractivity contribution in [1.82, 2.24) is 10.6 Å². The van der Waals surface area contributed by atoms with E-state index in [0.717, 1.165) is 5.56 Å². The zero-order chi connectivity index (χ0) is 27.6. The molecule has 3 rings (SSSR count). The number of hydrogen-bond donors (Lipinski definition) is 3. The summed E-state index contributed by atoms with van der Waals surface area (Å²) in [6.07, 6.45) is -8.33. The molecule has 0 bridgehead atoms. The van der Waals surface area contributed by atoms with Gasteiger partial charge in [-0.3, -0.25) is 4.79 Å². The molecule has 0 radical (unpaired) electrons. The molecule has 204 valence electrons. The number of nitrogens with one attached hydrogen (secondary N) is 2. The van der Waals surface area contributed by atoms with Crippen molar-refractivity contribution in [3.05, 3.63) is 64.7 Å². The van der Waals surface area contributed by atoms with Crippen molar-refractivity contribution in [2.24, 2.45) is 11.3 Å². The first-order valence-electron chi connectivity index (χ1n) is 11.7. The smallest absolute Gasteiger partial charge is 0.352 e. The lowest BCUT2D eigenvalue weighted by molar-refractivity contribution is -0.143. The highest BCUT2D eigenvalue weighted by Gasteiger charge is 2.47. The first kappa shape index (κ1) is 29.0. The van der Waals surface area contributed by atoms with Crippen LogP contribution in [-0.4, -0.2) is 20.4 Å². The second-order valence-corrected chi connectivity index (χ2v) is 10.7. The van der Waals surface area contributed by atoms with Gasteiger partial charge in [0.15, 0.2) is 10.7 Å². The molecule has 2 aromatic carbocycles. The molecule has 1 amide bonds. The Morgan fingerprint density at radius 2 is 1.51 bits per heavy atom. The molecule has 2 atom stereocenters. The number of amides is 1. The lowest BCUT2D eigenvalue weighted by Crippen LogP contribution is -2.43. The summed E-state index contributed by atoms with van der Waals surface area (Å²) in [5.74, 6) is -0.541. The lowest BCUT2D eigenvalue weighted by atomic mass is 9.74. The minimum atomic E-state index is -4.96. The van der Waals surface area contributed by atoms with E-state index in [1.54, 1.807) is 12.1 Å². The summed E-state index contributed by atoms with van der Waals surface area (Å²) >= 11 is 0. The van der Waals surface area contributed by atoms with Crippen LogP contribution in [0.1, 0.15) is 55.4 Å². The van der Waals surface area contributed by atoms with Crippen molar-refractivity contribution < 1.29 is 39.6 Å². The van der Waals surface area contributed by atoms with E-state index < -0.39 is 52.1 Å². The van der Waals surface area contributed by atoms with Crippen LogP contribution in [0.4, 0.5) is 26.3 Å². The molecule has 5 nitrogen and oxygen atoms in total. The highest BCUT2D eigenvalue weighted by atomic mass is 32.2. The molecule has 12 heteroatoms. The van der Waals surface area contributed by atoms with Gasteiger partial charge in [0, 0.05) is 19.1 Å². The van der Waals surface area contributed by atoms with Gasteiger partial charge in [-0.15, -0.1) is 0 Å². The molecule has 1 aliphatic rings. The maximum absolute atomic E-state index is 13.2. The van der Waals surface area contributed by atoms with Crippen molar-refractivity contribution in [2.75, 3.05) is 0 Å². The predicted molar refractivity (Wildman–Crippen MR) is 125 cm³/mol. The van der Waals surface area contributed by atoms with E-state index in [1.165, 1.54) is 12.1 Å². The molecule has 2 aromatic rings. The molecule has 0 unspecified atom stereocenters. The molecule has 1 fully saturated rings. The van der Waals surface area contributed by atoms with E-state index >= 15 is 0 Å². The fraction of sp³-hybridized carbons (Fsp3) is 0.480. The van der Waals surface area contributed by atoms with Crippen molar-refractivity contribution in [1.29, 1.82) is 0 Å². The number of hydrogen-bond acceptors (Lipinski definition) is 4. The van der Waals surface area contributed by atoms with Gasteiger partial charge in [-0.1, -0.05) is 26.0 Å². The molecule has 0 saturated heterocycles. The molecule has 0 aromatic heterocycles. The molecule has 2 N–H and O–H groups in total. The Hall–Kier alpha value is -2.60. The van der Waals surface area contributed by atoms with E-state index in [-0.39, 0.29) is 28.5 Å². The molecule has 37 heavy (non-hydrogen) atoms. The molecule has 1 aliphatic carbocycles. The Bertz CT molecular complexity index is 1150. The normalized spacial score (nSPS) is 20.5. The first-order chi connectivity index (χ1) is 17.1. The highest BCUT2D eigenvalue weighted by Crippen LogP contribution is 2.45. The second kappa shape index (κ2) is 11.0. The van der Waals surface area contributed by atoms with Gasteiger partial charge in [0.1, 0.15) is 0 Å². The van der Waals surface area contributed by atoms with E-state index in [9.17, 15) is 39.6 Å². The summed E-state index contributed by atoms with van der Waals surface area (Å²) in [7, 11) is -2.67. The fourth-order valence-electron chi connectivity index (χ4n) is 4.72. The zero-order valence-corrected chi connectivity index (χ0v) is 21.1. The minimum Gasteiger partial charge on any atom is -0.352 e. The van der Waals surface area contributed by atoms with Crippen LogP contribution in [0, 0.1) is 11.3 Å². The fourth-order valence-corrected chi connectivity index (χ4v) is 5.11. The molecule has 0 spiro atoms. The quantitative estimate of drug-likeness (QED) is 0.308. The number of carbonyl (C=O) groups is 1.